The lowest BCUT2D eigenvalue weighted by Gasteiger charge is -2.19. The van der Waals surface area contributed by atoms with Crippen LogP contribution in [0.4, 0.5) is 4.79 Å². The Morgan fingerprint density at radius 3 is 2.53 bits per heavy atom. The largest absolute Gasteiger partial charge is 0.508 e. The Bertz CT molecular complexity index is 509. The van der Waals surface area contributed by atoms with Gasteiger partial charge in [0, 0.05) is 12.0 Å². The fourth-order valence-corrected chi connectivity index (χ4v) is 1.00. The summed E-state index contributed by atoms with van der Waals surface area (Å²) in [5.74, 6) is -0.0600. The third-order valence-corrected chi connectivity index (χ3v) is 1.64. The molecule has 0 aliphatic carbocycles. The Kier molecular flexibility index (Phi) is 2.75. The highest BCUT2D eigenvalue weighted by Crippen LogP contribution is 2.10. The molecule has 0 heterocycles. The molecule has 4 nitrogen and oxygen atoms in total. The van der Waals surface area contributed by atoms with Gasteiger partial charge in [-0.2, -0.15) is 0 Å². The third kappa shape index (κ3) is 5.80. The van der Waals surface area contributed by atoms with Gasteiger partial charge in [0.1, 0.15) is 11.4 Å². The fourth-order valence-electron chi connectivity index (χ4n) is 1.00. The van der Waals surface area contributed by atoms with Gasteiger partial charge in [-0.15, -0.1) is 0 Å². The molecule has 0 fully saturated rings. The van der Waals surface area contributed by atoms with Crippen molar-refractivity contribution in [1.29, 1.82) is 0 Å². The van der Waals surface area contributed by atoms with Crippen molar-refractivity contribution in [2.24, 2.45) is 0 Å². The summed E-state index contributed by atoms with van der Waals surface area (Å²) in [6, 6.07) is 5.00. The second-order valence-corrected chi connectivity index (χ2v) is 4.42. The van der Waals surface area contributed by atoms with E-state index in [1.54, 1.807) is 20.8 Å². The summed E-state index contributed by atoms with van der Waals surface area (Å²) in [7, 11) is 0. The van der Waals surface area contributed by atoms with Crippen molar-refractivity contribution in [3.8, 4) is 5.75 Å². The minimum absolute atomic E-state index is 0.0126. The van der Waals surface area contributed by atoms with Gasteiger partial charge in [0.15, 0.2) is 0 Å². The first kappa shape index (κ1) is 8.39. The molecular weight excluding hydrogens is 218 g/mol. The van der Waals surface area contributed by atoms with Gasteiger partial charge in [-0.3, -0.25) is 0 Å². The Hall–Kier alpha value is -1.71. The number of nitrogens with one attached hydrogen (secondary N) is 1. The maximum atomic E-state index is 11.6. The minimum atomic E-state index is -2.69. The van der Waals surface area contributed by atoms with Crippen LogP contribution >= 0.6 is 0 Å². The molecule has 0 spiro atoms. The summed E-state index contributed by atoms with van der Waals surface area (Å²) in [5.41, 5.74) is -0.827. The van der Waals surface area contributed by atoms with Crippen LogP contribution in [0.1, 0.15) is 31.8 Å². The maximum Gasteiger partial charge on any atom is 0.407 e. The van der Waals surface area contributed by atoms with E-state index in [1.165, 1.54) is 24.3 Å². The zero-order valence-corrected chi connectivity index (χ0v) is 10.1. The first-order valence-electron chi connectivity index (χ1n) is 7.16. The molecular formula is C13H19NO3. The van der Waals surface area contributed by atoms with Crippen LogP contribution in [0.5, 0.6) is 5.75 Å². The second kappa shape index (κ2) is 5.57. The lowest BCUT2D eigenvalue weighted by molar-refractivity contribution is 0.0528. The number of aryl methyl sites for hydroxylation is 1. The van der Waals surface area contributed by atoms with Gasteiger partial charge in [-0.05, 0) is 44.8 Å². The number of benzene rings is 1. The molecule has 0 saturated heterocycles. The van der Waals surface area contributed by atoms with Crippen molar-refractivity contribution >= 4 is 6.09 Å². The predicted molar refractivity (Wildman–Crippen MR) is 66.0 cm³/mol. The first-order chi connectivity index (χ1) is 9.35. The number of aromatic hydroxyl groups is 1. The summed E-state index contributed by atoms with van der Waals surface area (Å²) >= 11 is 0. The number of carbonyl (C=O) groups excluding carboxylic acids is 1. The molecule has 1 rings (SSSR count). The third-order valence-electron chi connectivity index (χ3n) is 1.64. The molecule has 4 heteroatoms. The summed E-state index contributed by atoms with van der Waals surface area (Å²) < 4.78 is 36.3. The van der Waals surface area contributed by atoms with Gasteiger partial charge in [0.05, 0.1) is 0 Å². The number of phenolic OH excluding ortho intramolecular Hbond substituents is 1. The highest BCUT2D eigenvalue weighted by atomic mass is 16.6. The number of phenols is 1. The lowest BCUT2D eigenvalue weighted by Crippen LogP contribution is -2.33. The first-order valence-corrected chi connectivity index (χ1v) is 5.16. The maximum absolute atomic E-state index is 11.6. The monoisotopic (exact) mass is 241 g/mol. The Labute approximate surface area is 107 Å². The van der Waals surface area contributed by atoms with E-state index in [0.29, 0.717) is 0 Å². The van der Waals surface area contributed by atoms with Crippen molar-refractivity contribution in [2.45, 2.75) is 32.7 Å². The quantitative estimate of drug-likeness (QED) is 0.854. The standard InChI is InChI=1S/C13H19NO3/c1-13(2,3)17-12(16)14-9-8-10-4-6-11(15)7-5-10/h4-7,15H,8-9H2,1-3H3,(H,14,16)/i8D2,9D2. The summed E-state index contributed by atoms with van der Waals surface area (Å²) in [6.07, 6.45) is -3.55. The number of ether oxygens (including phenoxy) is 1. The fraction of sp³-hybridized carbons (Fsp3) is 0.462. The molecule has 0 saturated carbocycles. The molecule has 0 bridgehead atoms. The van der Waals surface area contributed by atoms with E-state index in [1.807, 2.05) is 5.32 Å². The number of carbonyl (C=O) groups is 1. The molecule has 0 unspecified atom stereocenters. The van der Waals surface area contributed by atoms with Crippen LogP contribution in [-0.2, 0) is 11.1 Å². The van der Waals surface area contributed by atoms with Gasteiger partial charge < -0.3 is 15.2 Å². The summed E-state index contributed by atoms with van der Waals surface area (Å²) in [4.78, 5) is 11.6. The molecule has 0 radical (unpaired) electrons. The van der Waals surface area contributed by atoms with Gasteiger partial charge >= 0.3 is 6.09 Å². The van der Waals surface area contributed by atoms with E-state index in [2.05, 4.69) is 0 Å². The number of rotatable bonds is 3. The molecule has 94 valence electrons. The average Bonchev–Trinajstić information content (AvgIpc) is 2.25. The Balaban J connectivity index is 2.94. The zero-order valence-electron chi connectivity index (χ0n) is 14.1. The van der Waals surface area contributed by atoms with E-state index < -0.39 is 24.6 Å². The van der Waals surface area contributed by atoms with E-state index in [4.69, 9.17) is 10.2 Å². The number of alkyl carbamates (subject to hydrolysis) is 1. The predicted octanol–water partition coefficient (Wildman–Crippen LogP) is 2.46. The molecule has 0 aliphatic heterocycles. The molecule has 2 N–H and O–H groups in total. The van der Waals surface area contributed by atoms with Gasteiger partial charge in [-0.1, -0.05) is 12.1 Å². The highest BCUT2D eigenvalue weighted by Gasteiger charge is 2.15. The lowest BCUT2D eigenvalue weighted by atomic mass is 10.1. The van der Waals surface area contributed by atoms with Crippen LogP contribution in [0, 0.1) is 0 Å². The van der Waals surface area contributed by atoms with Gasteiger partial charge in [0.2, 0.25) is 0 Å². The number of amides is 1. The molecule has 17 heavy (non-hydrogen) atoms. The van der Waals surface area contributed by atoms with Gasteiger partial charge in [0.25, 0.3) is 0 Å². The molecule has 1 aromatic rings. The number of hydrogen-bond donors (Lipinski definition) is 2. The number of hydrogen-bond acceptors (Lipinski definition) is 3. The van der Waals surface area contributed by atoms with E-state index >= 15 is 0 Å². The normalized spacial score (nSPS) is 16.2. The Morgan fingerprint density at radius 1 is 1.41 bits per heavy atom. The smallest absolute Gasteiger partial charge is 0.407 e. The molecule has 1 amide bonds. The molecule has 0 aromatic heterocycles. The average molecular weight is 241 g/mol. The van der Waals surface area contributed by atoms with Crippen LogP contribution in [0.3, 0.4) is 0 Å². The van der Waals surface area contributed by atoms with Crippen molar-refractivity contribution in [3.05, 3.63) is 29.8 Å². The van der Waals surface area contributed by atoms with Gasteiger partial charge in [-0.25, -0.2) is 4.79 Å². The molecule has 1 aromatic carbocycles. The SMILES string of the molecule is [2H]C([2H])(NC(=O)OC(C)(C)C)C([2H])([2H])c1ccc(O)cc1. The topological polar surface area (TPSA) is 58.6 Å². The van der Waals surface area contributed by atoms with Crippen molar-refractivity contribution < 1.29 is 20.1 Å². The van der Waals surface area contributed by atoms with E-state index in [9.17, 15) is 9.90 Å². The van der Waals surface area contributed by atoms with E-state index in [0.717, 1.165) is 0 Å². The van der Waals surface area contributed by atoms with Crippen LogP contribution < -0.4 is 5.32 Å². The minimum Gasteiger partial charge on any atom is -0.508 e. The summed E-state index contributed by atoms with van der Waals surface area (Å²) in [5, 5.41) is 11.1. The molecule has 0 atom stereocenters. The van der Waals surface area contributed by atoms with Crippen LogP contribution in [0.2, 0.25) is 0 Å². The van der Waals surface area contributed by atoms with Crippen LogP contribution in [0.15, 0.2) is 24.3 Å². The van der Waals surface area contributed by atoms with Crippen LogP contribution in [0.25, 0.3) is 0 Å². The Morgan fingerprint density at radius 2 is 2.00 bits per heavy atom. The highest BCUT2D eigenvalue weighted by molar-refractivity contribution is 5.67. The second-order valence-electron chi connectivity index (χ2n) is 4.42. The zero-order chi connectivity index (χ0) is 16.5. The summed E-state index contributed by atoms with van der Waals surface area (Å²) in [6.45, 7) is 2.18. The van der Waals surface area contributed by atoms with Crippen molar-refractivity contribution in [1.82, 2.24) is 5.32 Å². The van der Waals surface area contributed by atoms with E-state index in [-0.39, 0.29) is 11.3 Å². The van der Waals surface area contributed by atoms with Crippen molar-refractivity contribution in [2.75, 3.05) is 6.50 Å². The van der Waals surface area contributed by atoms with Crippen LogP contribution in [-0.4, -0.2) is 23.3 Å². The van der Waals surface area contributed by atoms with Crippen molar-refractivity contribution in [3.63, 3.8) is 0 Å². The molecule has 0 aliphatic rings.